The predicted molar refractivity (Wildman–Crippen MR) is 133 cm³/mol. The molecule has 37 heavy (non-hydrogen) atoms. The Bertz CT molecular complexity index is 1040. The highest BCUT2D eigenvalue weighted by molar-refractivity contribution is 5.91. The molecule has 0 aromatic heterocycles. The van der Waals surface area contributed by atoms with Gasteiger partial charge in [-0.05, 0) is 53.2 Å². The molecule has 2 fully saturated rings. The van der Waals surface area contributed by atoms with E-state index >= 15 is 0 Å². The fourth-order valence-electron chi connectivity index (χ4n) is 5.66. The van der Waals surface area contributed by atoms with Crippen molar-refractivity contribution >= 4 is 17.7 Å². The van der Waals surface area contributed by atoms with Crippen molar-refractivity contribution < 1.29 is 43.5 Å². The number of ketones is 1. The molecule has 8 atom stereocenters. The second-order valence-corrected chi connectivity index (χ2v) is 10.6. The summed E-state index contributed by atoms with van der Waals surface area (Å²) in [5, 5.41) is 23.2. The molecule has 0 spiro atoms. The van der Waals surface area contributed by atoms with Gasteiger partial charge in [-0.25, -0.2) is 4.79 Å². The number of rotatable bonds is 7. The lowest BCUT2D eigenvalue weighted by molar-refractivity contribution is -0.236. The van der Waals surface area contributed by atoms with E-state index in [0.717, 1.165) is 5.57 Å². The van der Waals surface area contributed by atoms with Gasteiger partial charge < -0.3 is 29.2 Å². The van der Waals surface area contributed by atoms with Crippen molar-refractivity contribution in [3.63, 3.8) is 0 Å². The molecule has 204 valence electrons. The lowest BCUT2D eigenvalue weighted by Crippen LogP contribution is -2.67. The highest BCUT2D eigenvalue weighted by atomic mass is 16.8. The zero-order chi connectivity index (χ0) is 27.8. The van der Waals surface area contributed by atoms with Crippen LogP contribution in [-0.2, 0) is 28.5 Å². The van der Waals surface area contributed by atoms with Gasteiger partial charge in [-0.1, -0.05) is 36.8 Å². The zero-order valence-corrected chi connectivity index (χ0v) is 22.5. The van der Waals surface area contributed by atoms with E-state index in [1.807, 2.05) is 13.8 Å². The largest absolute Gasteiger partial charge is 0.455 e. The Morgan fingerprint density at radius 1 is 1.19 bits per heavy atom. The molecule has 2 aliphatic rings. The van der Waals surface area contributed by atoms with Gasteiger partial charge in [-0.15, -0.1) is 0 Å². The normalized spacial score (nSPS) is 36.5. The molecule has 0 aliphatic carbocycles. The molecule has 1 aromatic carbocycles. The molecule has 2 aliphatic heterocycles. The standard InChI is InChI=1S/C28H38O9/c1-8-20(30)27(7)22(28(15-34-28)37-18(5)29)21(35-25(33)19-12-10-9-11-13-19)24(32)26(6,14-16(2)3)36-17(4)23(27)31/h9-14,17,20-22,24,30,32H,8,15H2,1-7H3/t17-,20+,21+,22+,24-,26?,27-,28-/m1/s1. The van der Waals surface area contributed by atoms with Crippen LogP contribution in [0.5, 0.6) is 0 Å². The van der Waals surface area contributed by atoms with Crippen LogP contribution in [0.25, 0.3) is 0 Å². The Morgan fingerprint density at radius 2 is 1.78 bits per heavy atom. The van der Waals surface area contributed by atoms with Gasteiger partial charge >= 0.3 is 11.9 Å². The topological polar surface area (TPSA) is 132 Å². The fourth-order valence-corrected chi connectivity index (χ4v) is 5.66. The Hall–Kier alpha value is -2.59. The maximum Gasteiger partial charge on any atom is 0.338 e. The number of aliphatic hydroxyl groups excluding tert-OH is 2. The van der Waals surface area contributed by atoms with Crippen LogP contribution in [0, 0.1) is 11.3 Å². The highest BCUT2D eigenvalue weighted by Gasteiger charge is 2.71. The maximum absolute atomic E-state index is 14.0. The number of allylic oxidation sites excluding steroid dienone is 1. The molecule has 9 heteroatoms. The van der Waals surface area contributed by atoms with Crippen molar-refractivity contribution in [2.45, 2.75) is 90.7 Å². The van der Waals surface area contributed by atoms with Crippen LogP contribution in [-0.4, -0.2) is 70.3 Å². The number of benzene rings is 1. The van der Waals surface area contributed by atoms with E-state index in [1.54, 1.807) is 57.2 Å². The Labute approximate surface area is 217 Å². The first-order valence-electron chi connectivity index (χ1n) is 12.6. The van der Waals surface area contributed by atoms with Crippen LogP contribution in [0.1, 0.15) is 65.2 Å². The number of Topliss-reactive ketones (excluding diaryl/α,β-unsaturated/α-hetero) is 1. The highest BCUT2D eigenvalue weighted by Crippen LogP contribution is 2.54. The molecule has 0 bridgehead atoms. The predicted octanol–water partition coefficient (Wildman–Crippen LogP) is 2.97. The van der Waals surface area contributed by atoms with E-state index in [2.05, 4.69) is 0 Å². The van der Waals surface area contributed by atoms with E-state index in [-0.39, 0.29) is 18.6 Å². The summed E-state index contributed by atoms with van der Waals surface area (Å²) in [5.74, 6) is -4.89. The molecule has 0 radical (unpaired) electrons. The first-order valence-corrected chi connectivity index (χ1v) is 12.6. The summed E-state index contributed by atoms with van der Waals surface area (Å²) in [6, 6.07) is 8.19. The molecule has 1 aromatic rings. The quantitative estimate of drug-likeness (QED) is 0.318. The summed E-state index contributed by atoms with van der Waals surface area (Å²) in [6.07, 6.45) is -3.52. The lowest BCUT2D eigenvalue weighted by Gasteiger charge is -2.51. The number of ether oxygens (including phenoxy) is 4. The van der Waals surface area contributed by atoms with E-state index in [9.17, 15) is 24.6 Å². The van der Waals surface area contributed by atoms with Gasteiger partial charge in [0, 0.05) is 6.92 Å². The molecule has 1 unspecified atom stereocenters. The average molecular weight is 519 g/mol. The van der Waals surface area contributed by atoms with E-state index in [4.69, 9.17) is 18.9 Å². The fraction of sp³-hybridized carbons (Fsp3) is 0.607. The monoisotopic (exact) mass is 518 g/mol. The first kappa shape index (κ1) is 29.0. The summed E-state index contributed by atoms with van der Waals surface area (Å²) in [5.41, 5.74) is -2.15. The number of carbonyl (C=O) groups excluding carboxylic acids is 3. The van der Waals surface area contributed by atoms with Crippen LogP contribution in [0.3, 0.4) is 0 Å². The minimum atomic E-state index is -1.70. The van der Waals surface area contributed by atoms with Gasteiger partial charge in [0.05, 0.1) is 23.0 Å². The molecule has 2 N–H and O–H groups in total. The van der Waals surface area contributed by atoms with E-state index in [1.165, 1.54) is 13.8 Å². The number of epoxide rings is 1. The first-order chi connectivity index (χ1) is 17.2. The van der Waals surface area contributed by atoms with Gasteiger partial charge in [-0.3, -0.25) is 9.59 Å². The molecule has 2 saturated heterocycles. The van der Waals surface area contributed by atoms with Crippen LogP contribution in [0.4, 0.5) is 0 Å². The summed E-state index contributed by atoms with van der Waals surface area (Å²) in [6.45, 7) is 11.1. The minimum absolute atomic E-state index is 0.0999. The van der Waals surface area contributed by atoms with E-state index in [0.29, 0.717) is 0 Å². The Balaban J connectivity index is 2.29. The smallest absolute Gasteiger partial charge is 0.338 e. The summed E-state index contributed by atoms with van der Waals surface area (Å²) < 4.78 is 23.4. The Morgan fingerprint density at radius 3 is 2.27 bits per heavy atom. The van der Waals surface area contributed by atoms with Crippen molar-refractivity contribution in [1.29, 1.82) is 0 Å². The third-order valence-electron chi connectivity index (χ3n) is 7.33. The SMILES string of the molecule is CC[C@H](O)[C@@]1(C)C(=O)[C@@H](C)OC(C)(C=C(C)C)[C@H](O)[C@@H](OC(=O)c2ccccc2)[C@@H]1[C@]1(OC(C)=O)CO1. The van der Waals surface area contributed by atoms with Crippen molar-refractivity contribution in [3.8, 4) is 0 Å². The molecule has 2 heterocycles. The van der Waals surface area contributed by atoms with Crippen LogP contribution in [0.15, 0.2) is 42.0 Å². The second-order valence-electron chi connectivity index (χ2n) is 10.6. The van der Waals surface area contributed by atoms with Gasteiger partial charge in [0.2, 0.25) is 5.79 Å². The van der Waals surface area contributed by atoms with Crippen molar-refractivity contribution in [3.05, 3.63) is 47.5 Å². The van der Waals surface area contributed by atoms with Crippen LogP contribution in [0.2, 0.25) is 0 Å². The summed E-state index contributed by atoms with van der Waals surface area (Å²) in [7, 11) is 0. The van der Waals surface area contributed by atoms with Gasteiger partial charge in [0.15, 0.2) is 5.78 Å². The molecular weight excluding hydrogens is 480 g/mol. The van der Waals surface area contributed by atoms with Gasteiger partial charge in [0.1, 0.15) is 30.5 Å². The van der Waals surface area contributed by atoms with Crippen molar-refractivity contribution in [2.24, 2.45) is 11.3 Å². The zero-order valence-electron chi connectivity index (χ0n) is 22.5. The number of aliphatic hydroxyl groups is 2. The minimum Gasteiger partial charge on any atom is -0.455 e. The van der Waals surface area contributed by atoms with Crippen LogP contribution >= 0.6 is 0 Å². The maximum atomic E-state index is 14.0. The average Bonchev–Trinajstić information content (AvgIpc) is 3.60. The molecular formula is C28H38O9. The third-order valence-corrected chi connectivity index (χ3v) is 7.33. The summed E-state index contributed by atoms with van der Waals surface area (Å²) in [4.78, 5) is 39.5. The summed E-state index contributed by atoms with van der Waals surface area (Å²) >= 11 is 0. The molecule has 3 rings (SSSR count). The Kier molecular flexibility index (Phi) is 8.34. The number of esters is 2. The third kappa shape index (κ3) is 5.50. The number of hydrogen-bond acceptors (Lipinski definition) is 9. The second kappa shape index (κ2) is 10.6. The molecule has 0 saturated carbocycles. The van der Waals surface area contributed by atoms with Gasteiger partial charge in [-0.2, -0.15) is 0 Å². The van der Waals surface area contributed by atoms with Crippen molar-refractivity contribution in [1.82, 2.24) is 0 Å². The molecule has 9 nitrogen and oxygen atoms in total. The number of carbonyl (C=O) groups is 3. The number of hydrogen-bond donors (Lipinski definition) is 2. The van der Waals surface area contributed by atoms with Gasteiger partial charge in [0.25, 0.3) is 0 Å². The molecule has 0 amide bonds. The van der Waals surface area contributed by atoms with E-state index < -0.39 is 64.9 Å². The van der Waals surface area contributed by atoms with Crippen LogP contribution < -0.4 is 0 Å². The van der Waals surface area contributed by atoms with Crippen molar-refractivity contribution in [2.75, 3.05) is 6.61 Å². The lowest BCUT2D eigenvalue weighted by atomic mass is 9.61.